The van der Waals surface area contributed by atoms with Crippen LogP contribution in [0.25, 0.3) is 0 Å². The van der Waals surface area contributed by atoms with Crippen LogP contribution < -0.4 is 5.32 Å². The summed E-state index contributed by atoms with van der Waals surface area (Å²) in [4.78, 5) is 10.6. The Labute approximate surface area is 97.4 Å². The Bertz CT molecular complexity index is 286. The van der Waals surface area contributed by atoms with E-state index >= 15 is 0 Å². The van der Waals surface area contributed by atoms with Gasteiger partial charge in [0.25, 0.3) is 0 Å². The Hall–Kier alpha value is -0.780. The summed E-state index contributed by atoms with van der Waals surface area (Å²) in [5, 5.41) is 11.4. The van der Waals surface area contributed by atoms with Gasteiger partial charge in [0.15, 0.2) is 5.92 Å². The second-order valence-electron chi connectivity index (χ2n) is 5.04. The summed E-state index contributed by atoms with van der Waals surface area (Å²) in [7, 11) is 0. The molecular formula is C11H16F3NO2. The average molecular weight is 251 g/mol. The van der Waals surface area contributed by atoms with Crippen molar-refractivity contribution in [1.29, 1.82) is 0 Å². The van der Waals surface area contributed by atoms with Crippen molar-refractivity contribution < 1.29 is 23.1 Å². The van der Waals surface area contributed by atoms with Gasteiger partial charge in [-0.25, -0.2) is 0 Å². The molecule has 0 radical (unpaired) electrons. The molecule has 0 spiro atoms. The smallest absolute Gasteiger partial charge is 0.403 e. The predicted octanol–water partition coefficient (Wildman–Crippen LogP) is 2.03. The predicted molar refractivity (Wildman–Crippen MR) is 54.4 cm³/mol. The number of alkyl halides is 3. The third-order valence-electron chi connectivity index (χ3n) is 3.51. The van der Waals surface area contributed by atoms with Crippen molar-refractivity contribution in [3.63, 3.8) is 0 Å². The van der Waals surface area contributed by atoms with E-state index in [-0.39, 0.29) is 6.04 Å². The maximum Gasteiger partial charge on any atom is 0.403 e. The van der Waals surface area contributed by atoms with Crippen LogP contribution in [0, 0.1) is 17.8 Å². The van der Waals surface area contributed by atoms with Gasteiger partial charge in [-0.3, -0.25) is 4.79 Å². The highest BCUT2D eigenvalue weighted by molar-refractivity contribution is 5.71. The van der Waals surface area contributed by atoms with Crippen LogP contribution >= 0.6 is 0 Å². The van der Waals surface area contributed by atoms with Crippen LogP contribution in [0.1, 0.15) is 25.7 Å². The van der Waals surface area contributed by atoms with Crippen molar-refractivity contribution in [2.75, 3.05) is 6.54 Å². The van der Waals surface area contributed by atoms with E-state index in [9.17, 15) is 18.0 Å². The van der Waals surface area contributed by atoms with Crippen LogP contribution in [0.15, 0.2) is 0 Å². The van der Waals surface area contributed by atoms with Gasteiger partial charge in [0, 0.05) is 12.6 Å². The van der Waals surface area contributed by atoms with Crippen molar-refractivity contribution in [3.05, 3.63) is 0 Å². The molecule has 0 amide bonds. The number of hydrogen-bond acceptors (Lipinski definition) is 2. The number of carboxylic acids is 1. The average Bonchev–Trinajstić information content (AvgIpc) is 3.00. The molecule has 0 aromatic heterocycles. The van der Waals surface area contributed by atoms with E-state index in [1.165, 1.54) is 0 Å². The zero-order chi connectivity index (χ0) is 12.6. The zero-order valence-corrected chi connectivity index (χ0v) is 9.33. The molecular weight excluding hydrogens is 235 g/mol. The summed E-state index contributed by atoms with van der Waals surface area (Å²) in [6.45, 7) is -0.503. The summed E-state index contributed by atoms with van der Waals surface area (Å²) >= 11 is 0. The second-order valence-corrected chi connectivity index (χ2v) is 5.04. The van der Waals surface area contributed by atoms with E-state index in [2.05, 4.69) is 5.32 Å². The molecule has 17 heavy (non-hydrogen) atoms. The maximum absolute atomic E-state index is 12.4. The minimum atomic E-state index is -4.67. The van der Waals surface area contributed by atoms with Crippen LogP contribution in [0.4, 0.5) is 13.2 Å². The Morgan fingerprint density at radius 1 is 1.24 bits per heavy atom. The monoisotopic (exact) mass is 251 g/mol. The van der Waals surface area contributed by atoms with Gasteiger partial charge < -0.3 is 10.4 Å². The molecule has 6 heteroatoms. The number of aliphatic carboxylic acids is 1. The Morgan fingerprint density at radius 2 is 1.71 bits per heavy atom. The molecule has 0 bridgehead atoms. The van der Waals surface area contributed by atoms with Crippen molar-refractivity contribution >= 4 is 5.97 Å². The number of carbonyl (C=O) groups is 1. The number of hydrogen-bond donors (Lipinski definition) is 2. The minimum absolute atomic E-state index is 0.0965. The fraction of sp³-hybridized carbons (Fsp3) is 0.909. The fourth-order valence-corrected chi connectivity index (χ4v) is 2.23. The second kappa shape index (κ2) is 4.48. The SMILES string of the molecule is O=C(O)C(CNC(C1CC1)C1CC1)C(F)(F)F. The third-order valence-corrected chi connectivity index (χ3v) is 3.51. The quantitative estimate of drug-likeness (QED) is 0.759. The molecule has 2 aliphatic carbocycles. The highest BCUT2D eigenvalue weighted by Crippen LogP contribution is 2.44. The van der Waals surface area contributed by atoms with Crippen LogP contribution in [-0.2, 0) is 4.79 Å². The van der Waals surface area contributed by atoms with Gasteiger partial charge in [0.2, 0.25) is 0 Å². The van der Waals surface area contributed by atoms with Crippen LogP contribution in [0.3, 0.4) is 0 Å². The molecule has 2 fully saturated rings. The van der Waals surface area contributed by atoms with E-state index in [0.717, 1.165) is 25.7 Å². The Morgan fingerprint density at radius 3 is 2.00 bits per heavy atom. The molecule has 2 aliphatic rings. The Balaban J connectivity index is 1.87. The number of nitrogens with one attached hydrogen (secondary N) is 1. The van der Waals surface area contributed by atoms with Crippen LogP contribution in [0.2, 0.25) is 0 Å². The van der Waals surface area contributed by atoms with E-state index in [0.29, 0.717) is 11.8 Å². The van der Waals surface area contributed by atoms with Crippen molar-refractivity contribution in [1.82, 2.24) is 5.32 Å². The zero-order valence-electron chi connectivity index (χ0n) is 9.33. The van der Waals surface area contributed by atoms with Crippen molar-refractivity contribution in [2.45, 2.75) is 37.9 Å². The largest absolute Gasteiger partial charge is 0.481 e. The number of rotatable bonds is 6. The van der Waals surface area contributed by atoms with Gasteiger partial charge in [0.05, 0.1) is 0 Å². The summed E-state index contributed by atoms with van der Waals surface area (Å²) in [5.41, 5.74) is 0. The molecule has 0 aliphatic heterocycles. The molecule has 3 nitrogen and oxygen atoms in total. The van der Waals surface area contributed by atoms with Crippen molar-refractivity contribution in [3.8, 4) is 0 Å². The van der Waals surface area contributed by atoms with Gasteiger partial charge in [-0.15, -0.1) is 0 Å². The van der Waals surface area contributed by atoms with Crippen molar-refractivity contribution in [2.24, 2.45) is 17.8 Å². The first-order valence-electron chi connectivity index (χ1n) is 5.92. The fourth-order valence-electron chi connectivity index (χ4n) is 2.23. The first kappa shape index (κ1) is 12.7. The van der Waals surface area contributed by atoms with Gasteiger partial charge in [-0.2, -0.15) is 13.2 Å². The lowest BCUT2D eigenvalue weighted by Gasteiger charge is -2.22. The molecule has 0 saturated heterocycles. The molecule has 2 N–H and O–H groups in total. The summed E-state index contributed by atoms with van der Waals surface area (Å²) in [5.74, 6) is -3.16. The molecule has 0 aromatic rings. The van der Waals surface area contributed by atoms with Crippen LogP contribution in [0.5, 0.6) is 0 Å². The lowest BCUT2D eigenvalue weighted by molar-refractivity contribution is -0.192. The molecule has 1 unspecified atom stereocenters. The standard InChI is InChI=1S/C11H16F3NO2/c12-11(13,14)8(10(16)17)5-15-9(6-1-2-6)7-3-4-7/h6-9,15H,1-5H2,(H,16,17). The highest BCUT2D eigenvalue weighted by Gasteiger charge is 2.47. The molecule has 98 valence electrons. The summed E-state index contributed by atoms with van der Waals surface area (Å²) in [6, 6.07) is 0.0965. The lowest BCUT2D eigenvalue weighted by atomic mass is 10.0. The third kappa shape index (κ3) is 3.34. The van der Waals surface area contributed by atoms with Gasteiger partial charge >= 0.3 is 12.1 Å². The number of carboxylic acid groups (broad SMARTS) is 1. The van der Waals surface area contributed by atoms with E-state index in [1.807, 2.05) is 0 Å². The van der Waals surface area contributed by atoms with Gasteiger partial charge in [-0.1, -0.05) is 0 Å². The van der Waals surface area contributed by atoms with Crippen LogP contribution in [-0.4, -0.2) is 29.8 Å². The van der Waals surface area contributed by atoms with E-state index < -0.39 is 24.6 Å². The maximum atomic E-state index is 12.4. The Kier molecular flexibility index (Phi) is 3.34. The van der Waals surface area contributed by atoms with Gasteiger partial charge in [0.1, 0.15) is 0 Å². The van der Waals surface area contributed by atoms with Gasteiger partial charge in [-0.05, 0) is 37.5 Å². The van der Waals surface area contributed by atoms with E-state index in [4.69, 9.17) is 5.11 Å². The molecule has 2 rings (SSSR count). The number of halogens is 3. The summed E-state index contributed by atoms with van der Waals surface area (Å²) in [6.07, 6.45) is -0.456. The van der Waals surface area contributed by atoms with E-state index in [1.54, 1.807) is 0 Å². The normalized spacial score (nSPS) is 22.8. The minimum Gasteiger partial charge on any atom is -0.481 e. The molecule has 2 saturated carbocycles. The molecule has 0 heterocycles. The summed E-state index contributed by atoms with van der Waals surface area (Å²) < 4.78 is 37.3. The highest BCUT2D eigenvalue weighted by atomic mass is 19.4. The first-order valence-corrected chi connectivity index (χ1v) is 5.92. The molecule has 0 aromatic carbocycles. The lowest BCUT2D eigenvalue weighted by Crippen LogP contribution is -2.44. The first-order chi connectivity index (χ1) is 7.89. The topological polar surface area (TPSA) is 49.3 Å². The molecule has 1 atom stereocenters.